The van der Waals surface area contributed by atoms with Gasteiger partial charge in [-0.05, 0) is 51.0 Å². The number of hydrogen-bond acceptors (Lipinski definition) is 5. The van der Waals surface area contributed by atoms with Crippen molar-refractivity contribution in [2.45, 2.75) is 56.9 Å². The summed E-state index contributed by atoms with van der Waals surface area (Å²) in [5.74, 6) is -0.256. The standard InChI is InChI=1S/C20H31N3O3S2/c1-16(2)6-12-22-13-7-17(8-14-22)21-20(24)19-18(9-15-27-19)28(25,26)23-10-4-3-5-11-23/h6,9,15,17H,3-5,7-8,10-14H2,1-2H3,(H,21,24). The third kappa shape index (κ3) is 5.23. The van der Waals surface area contributed by atoms with Crippen LogP contribution in [0.25, 0.3) is 0 Å². The van der Waals surface area contributed by atoms with Crippen LogP contribution in [-0.4, -0.2) is 62.3 Å². The summed E-state index contributed by atoms with van der Waals surface area (Å²) in [5, 5.41) is 4.77. The molecule has 3 heterocycles. The first-order chi connectivity index (χ1) is 13.4. The number of sulfonamides is 1. The van der Waals surface area contributed by atoms with Gasteiger partial charge in [0.05, 0.1) is 0 Å². The van der Waals surface area contributed by atoms with Crippen molar-refractivity contribution in [3.8, 4) is 0 Å². The number of rotatable bonds is 6. The molecule has 0 bridgehead atoms. The molecule has 2 saturated heterocycles. The van der Waals surface area contributed by atoms with Crippen LogP contribution in [0.5, 0.6) is 0 Å². The van der Waals surface area contributed by atoms with Crippen molar-refractivity contribution < 1.29 is 13.2 Å². The Morgan fingerprint density at radius 3 is 2.50 bits per heavy atom. The molecule has 1 aromatic rings. The highest BCUT2D eigenvalue weighted by atomic mass is 32.2. The topological polar surface area (TPSA) is 69.7 Å². The van der Waals surface area contributed by atoms with Gasteiger partial charge in [-0.1, -0.05) is 18.1 Å². The number of carbonyl (C=O) groups is 1. The van der Waals surface area contributed by atoms with E-state index in [9.17, 15) is 13.2 Å². The molecule has 1 amide bonds. The van der Waals surface area contributed by atoms with Crippen molar-refractivity contribution in [2.75, 3.05) is 32.7 Å². The van der Waals surface area contributed by atoms with E-state index in [2.05, 4.69) is 30.1 Å². The van der Waals surface area contributed by atoms with Crippen molar-refractivity contribution in [2.24, 2.45) is 0 Å². The Balaban J connectivity index is 1.61. The minimum atomic E-state index is -3.59. The zero-order valence-corrected chi connectivity index (χ0v) is 18.4. The molecule has 0 spiro atoms. The van der Waals surface area contributed by atoms with Gasteiger partial charge in [0.25, 0.3) is 5.91 Å². The fourth-order valence-corrected chi connectivity index (χ4v) is 6.55. The van der Waals surface area contributed by atoms with E-state index in [4.69, 9.17) is 0 Å². The molecule has 6 nitrogen and oxygen atoms in total. The quantitative estimate of drug-likeness (QED) is 0.711. The first kappa shape index (κ1) is 21.5. The highest BCUT2D eigenvalue weighted by Gasteiger charge is 2.31. The van der Waals surface area contributed by atoms with Crippen LogP contribution in [0.1, 0.15) is 55.6 Å². The van der Waals surface area contributed by atoms with Crippen molar-refractivity contribution in [1.29, 1.82) is 0 Å². The molecule has 0 atom stereocenters. The van der Waals surface area contributed by atoms with Gasteiger partial charge in [-0.3, -0.25) is 9.69 Å². The van der Waals surface area contributed by atoms with Gasteiger partial charge in [-0.2, -0.15) is 4.31 Å². The van der Waals surface area contributed by atoms with Gasteiger partial charge in [-0.25, -0.2) is 8.42 Å². The predicted molar refractivity (Wildman–Crippen MR) is 113 cm³/mol. The number of amides is 1. The van der Waals surface area contributed by atoms with Crippen LogP contribution >= 0.6 is 11.3 Å². The lowest BCUT2D eigenvalue weighted by Crippen LogP contribution is -2.45. The smallest absolute Gasteiger partial charge is 0.262 e. The van der Waals surface area contributed by atoms with Crippen LogP contribution in [0.2, 0.25) is 0 Å². The van der Waals surface area contributed by atoms with Crippen LogP contribution in [0.4, 0.5) is 0 Å². The second-order valence-corrected chi connectivity index (χ2v) is 10.7. The van der Waals surface area contributed by atoms with Gasteiger partial charge in [0.2, 0.25) is 10.0 Å². The van der Waals surface area contributed by atoms with Crippen molar-refractivity contribution in [1.82, 2.24) is 14.5 Å². The highest BCUT2D eigenvalue weighted by Crippen LogP contribution is 2.27. The predicted octanol–water partition coefficient (Wildman–Crippen LogP) is 3.08. The summed E-state index contributed by atoms with van der Waals surface area (Å²) >= 11 is 1.21. The van der Waals surface area contributed by atoms with Crippen LogP contribution in [0.3, 0.4) is 0 Å². The van der Waals surface area contributed by atoms with Gasteiger partial charge in [0.15, 0.2) is 0 Å². The molecule has 8 heteroatoms. The van der Waals surface area contributed by atoms with Gasteiger partial charge >= 0.3 is 0 Å². The van der Waals surface area contributed by atoms with E-state index < -0.39 is 10.0 Å². The lowest BCUT2D eigenvalue weighted by Gasteiger charge is -2.31. The zero-order chi connectivity index (χ0) is 20.1. The molecule has 1 aromatic heterocycles. The number of thiophene rings is 1. The lowest BCUT2D eigenvalue weighted by atomic mass is 10.0. The van der Waals surface area contributed by atoms with E-state index in [1.165, 1.54) is 21.2 Å². The minimum Gasteiger partial charge on any atom is -0.348 e. The molecular formula is C20H31N3O3S2. The third-order valence-electron chi connectivity index (χ3n) is 5.45. The molecule has 156 valence electrons. The molecule has 2 aliphatic rings. The largest absolute Gasteiger partial charge is 0.348 e. The summed E-state index contributed by atoms with van der Waals surface area (Å²) in [7, 11) is -3.59. The molecule has 0 radical (unpaired) electrons. The number of piperidine rings is 2. The summed E-state index contributed by atoms with van der Waals surface area (Å²) in [6.45, 7) is 8.13. The molecule has 0 aliphatic carbocycles. The van der Waals surface area contributed by atoms with Gasteiger partial charge < -0.3 is 5.32 Å². The fraction of sp³-hybridized carbons (Fsp3) is 0.650. The Labute approximate surface area is 172 Å². The first-order valence-electron chi connectivity index (χ1n) is 10.1. The molecule has 0 unspecified atom stereocenters. The molecule has 3 rings (SSSR count). The highest BCUT2D eigenvalue weighted by molar-refractivity contribution is 7.89. The maximum Gasteiger partial charge on any atom is 0.262 e. The number of nitrogens with one attached hydrogen (secondary N) is 1. The van der Waals surface area contributed by atoms with Crippen molar-refractivity contribution in [3.05, 3.63) is 28.0 Å². The molecule has 2 aliphatic heterocycles. The maximum absolute atomic E-state index is 13.0. The van der Waals surface area contributed by atoms with Gasteiger partial charge in [0.1, 0.15) is 9.77 Å². The van der Waals surface area contributed by atoms with E-state index in [1.807, 2.05) is 0 Å². The second kappa shape index (κ2) is 9.52. The monoisotopic (exact) mass is 425 g/mol. The number of hydrogen-bond donors (Lipinski definition) is 1. The maximum atomic E-state index is 13.0. The van der Waals surface area contributed by atoms with Crippen LogP contribution < -0.4 is 5.32 Å². The Morgan fingerprint density at radius 1 is 1.18 bits per heavy atom. The summed E-state index contributed by atoms with van der Waals surface area (Å²) in [4.78, 5) is 15.7. The van der Waals surface area contributed by atoms with E-state index in [-0.39, 0.29) is 16.8 Å². The number of carbonyl (C=O) groups excluding carboxylic acids is 1. The Hall–Kier alpha value is -1.22. The Kier molecular flexibility index (Phi) is 7.31. The van der Waals surface area contributed by atoms with Crippen LogP contribution in [0.15, 0.2) is 28.0 Å². The summed E-state index contributed by atoms with van der Waals surface area (Å²) < 4.78 is 27.5. The molecule has 0 aromatic carbocycles. The minimum absolute atomic E-state index is 0.100. The van der Waals surface area contributed by atoms with E-state index in [0.717, 1.165) is 51.7 Å². The van der Waals surface area contributed by atoms with Crippen molar-refractivity contribution >= 4 is 27.3 Å². The lowest BCUT2D eigenvalue weighted by molar-refractivity contribution is 0.0915. The normalized spacial score (nSPS) is 20.1. The molecule has 1 N–H and O–H groups in total. The van der Waals surface area contributed by atoms with Crippen molar-refractivity contribution in [3.63, 3.8) is 0 Å². The Morgan fingerprint density at radius 2 is 1.86 bits per heavy atom. The summed E-state index contributed by atoms with van der Waals surface area (Å²) in [6, 6.07) is 1.68. The molecule has 2 fully saturated rings. The molecule has 28 heavy (non-hydrogen) atoms. The zero-order valence-electron chi connectivity index (χ0n) is 16.8. The number of nitrogens with zero attached hydrogens (tertiary/aromatic N) is 2. The van der Waals surface area contributed by atoms with Gasteiger partial charge in [0, 0.05) is 38.8 Å². The average molecular weight is 426 g/mol. The summed E-state index contributed by atoms with van der Waals surface area (Å²) in [6.07, 6.45) is 6.84. The van der Waals surface area contributed by atoms with E-state index in [1.54, 1.807) is 11.4 Å². The SMILES string of the molecule is CC(C)=CCN1CCC(NC(=O)c2sccc2S(=O)(=O)N2CCCCC2)CC1. The molecule has 0 saturated carbocycles. The summed E-state index contributed by atoms with van der Waals surface area (Å²) in [5.41, 5.74) is 1.32. The van der Waals surface area contributed by atoms with Gasteiger partial charge in [-0.15, -0.1) is 11.3 Å². The number of likely N-dealkylation sites (tertiary alicyclic amines) is 1. The third-order valence-corrected chi connectivity index (χ3v) is 8.43. The molecular weight excluding hydrogens is 394 g/mol. The van der Waals surface area contributed by atoms with Crippen LogP contribution in [-0.2, 0) is 10.0 Å². The average Bonchev–Trinajstić information content (AvgIpc) is 3.19. The van der Waals surface area contributed by atoms with E-state index in [0.29, 0.717) is 18.0 Å². The first-order valence-corrected chi connectivity index (χ1v) is 12.4. The Bertz CT molecular complexity index is 798. The second-order valence-electron chi connectivity index (χ2n) is 7.91. The van der Waals surface area contributed by atoms with E-state index >= 15 is 0 Å². The number of allylic oxidation sites excluding steroid dienone is 1. The van der Waals surface area contributed by atoms with Crippen LogP contribution in [0, 0.1) is 0 Å². The fourth-order valence-electron chi connectivity index (χ4n) is 3.73.